The van der Waals surface area contributed by atoms with Crippen LogP contribution in [0.15, 0.2) is 28.7 Å². The molecule has 3 N–H and O–H groups in total. The Morgan fingerprint density at radius 3 is 2.86 bits per heavy atom. The van der Waals surface area contributed by atoms with Crippen molar-refractivity contribution in [1.29, 1.82) is 0 Å². The number of furan rings is 1. The van der Waals surface area contributed by atoms with E-state index in [-0.39, 0.29) is 17.7 Å². The monoisotopic (exact) mass is 288 g/mol. The van der Waals surface area contributed by atoms with Crippen LogP contribution in [-0.2, 0) is 11.3 Å². The third kappa shape index (κ3) is 2.38. The Labute approximate surface area is 121 Å². The van der Waals surface area contributed by atoms with Crippen molar-refractivity contribution in [2.75, 3.05) is 6.54 Å². The molecule has 1 aromatic carbocycles. The highest BCUT2D eigenvalue weighted by molar-refractivity contribution is 5.95. The summed E-state index contributed by atoms with van der Waals surface area (Å²) in [6.45, 7) is 1.08. The zero-order chi connectivity index (χ0) is 15.0. The molecule has 1 aromatic heterocycles. The number of carboxylic acid groups (broad SMARTS) is 1. The Bertz CT molecular complexity index is 707. The average molecular weight is 288 g/mol. The van der Waals surface area contributed by atoms with Crippen molar-refractivity contribution in [1.82, 2.24) is 4.90 Å². The van der Waals surface area contributed by atoms with Gasteiger partial charge in [-0.15, -0.1) is 0 Å². The van der Waals surface area contributed by atoms with Crippen molar-refractivity contribution in [3.63, 3.8) is 0 Å². The first-order chi connectivity index (χ1) is 10.1. The van der Waals surface area contributed by atoms with E-state index in [4.69, 9.17) is 10.2 Å². The first kappa shape index (κ1) is 13.6. The molecule has 0 spiro atoms. The quantitative estimate of drug-likeness (QED) is 0.890. The van der Waals surface area contributed by atoms with Crippen LogP contribution < -0.4 is 5.73 Å². The van der Waals surface area contributed by atoms with Gasteiger partial charge < -0.3 is 15.3 Å². The largest absolute Gasteiger partial charge is 0.475 e. The number of para-hydroxylation sites is 1. The van der Waals surface area contributed by atoms with Crippen molar-refractivity contribution < 1.29 is 19.1 Å². The molecule has 0 saturated carbocycles. The van der Waals surface area contributed by atoms with E-state index in [1.54, 1.807) is 12.1 Å². The van der Waals surface area contributed by atoms with E-state index in [9.17, 15) is 14.7 Å². The molecule has 1 amide bonds. The third-order valence-corrected chi connectivity index (χ3v) is 3.95. The summed E-state index contributed by atoms with van der Waals surface area (Å²) in [7, 11) is 0. The highest BCUT2D eigenvalue weighted by Gasteiger charge is 2.31. The number of amides is 1. The predicted octanol–water partition coefficient (Wildman–Crippen LogP) is 1.58. The Morgan fingerprint density at radius 2 is 2.14 bits per heavy atom. The fourth-order valence-corrected chi connectivity index (χ4v) is 2.97. The van der Waals surface area contributed by atoms with Crippen LogP contribution in [0, 0.1) is 0 Å². The lowest BCUT2D eigenvalue weighted by atomic mass is 10.1. The minimum absolute atomic E-state index is 0.0636. The summed E-state index contributed by atoms with van der Waals surface area (Å²) >= 11 is 0. The summed E-state index contributed by atoms with van der Waals surface area (Å²) in [6, 6.07) is 6.86. The second-order valence-electron chi connectivity index (χ2n) is 5.24. The van der Waals surface area contributed by atoms with Crippen LogP contribution >= 0.6 is 0 Å². The minimum Gasteiger partial charge on any atom is -0.475 e. The standard InChI is InChI=1S/C15H16N2O4/c16-14(18)11-5-3-7-17(11)8-10-9-4-1-2-6-12(9)21-13(10)15(19)20/h1-2,4,6,11H,3,5,7-8H2,(H2,16,18)(H,19,20). The van der Waals surface area contributed by atoms with E-state index in [0.29, 0.717) is 24.1 Å². The van der Waals surface area contributed by atoms with Gasteiger partial charge in [0.15, 0.2) is 0 Å². The lowest BCUT2D eigenvalue weighted by Gasteiger charge is -2.21. The fraction of sp³-hybridized carbons (Fsp3) is 0.333. The van der Waals surface area contributed by atoms with Gasteiger partial charge >= 0.3 is 5.97 Å². The maximum atomic E-state index is 11.5. The maximum Gasteiger partial charge on any atom is 0.372 e. The molecule has 110 valence electrons. The van der Waals surface area contributed by atoms with Crippen LogP contribution in [-0.4, -0.2) is 34.5 Å². The van der Waals surface area contributed by atoms with Crippen molar-refractivity contribution in [3.8, 4) is 0 Å². The first-order valence-corrected chi connectivity index (χ1v) is 6.85. The highest BCUT2D eigenvalue weighted by Crippen LogP contribution is 2.29. The molecule has 1 fully saturated rings. The molecule has 6 heteroatoms. The molecule has 3 rings (SSSR count). The number of likely N-dealkylation sites (tertiary alicyclic amines) is 1. The number of carboxylic acids is 1. The number of primary amides is 1. The van der Waals surface area contributed by atoms with Gasteiger partial charge in [0.1, 0.15) is 5.58 Å². The highest BCUT2D eigenvalue weighted by atomic mass is 16.4. The number of nitrogens with zero attached hydrogens (tertiary/aromatic N) is 1. The summed E-state index contributed by atoms with van der Waals surface area (Å²) in [4.78, 5) is 24.8. The number of benzene rings is 1. The molecule has 21 heavy (non-hydrogen) atoms. The number of rotatable bonds is 4. The number of hydrogen-bond acceptors (Lipinski definition) is 4. The van der Waals surface area contributed by atoms with E-state index in [1.807, 2.05) is 17.0 Å². The molecule has 1 atom stereocenters. The number of fused-ring (bicyclic) bond motifs is 1. The topological polar surface area (TPSA) is 96.8 Å². The molecule has 2 heterocycles. The molecule has 6 nitrogen and oxygen atoms in total. The van der Waals surface area contributed by atoms with Crippen molar-refractivity contribution in [2.24, 2.45) is 5.73 Å². The summed E-state index contributed by atoms with van der Waals surface area (Å²) < 4.78 is 5.42. The van der Waals surface area contributed by atoms with Gasteiger partial charge in [-0.3, -0.25) is 9.69 Å². The van der Waals surface area contributed by atoms with Gasteiger partial charge in [0, 0.05) is 17.5 Å². The number of aromatic carboxylic acids is 1. The molecule has 1 saturated heterocycles. The Morgan fingerprint density at radius 1 is 1.38 bits per heavy atom. The first-order valence-electron chi connectivity index (χ1n) is 6.85. The number of carbonyl (C=O) groups is 2. The van der Waals surface area contributed by atoms with Gasteiger partial charge in [0.2, 0.25) is 11.7 Å². The van der Waals surface area contributed by atoms with Crippen molar-refractivity contribution in [3.05, 3.63) is 35.6 Å². The third-order valence-electron chi connectivity index (χ3n) is 3.95. The zero-order valence-corrected chi connectivity index (χ0v) is 11.4. The maximum absolute atomic E-state index is 11.5. The molecular formula is C15H16N2O4. The minimum atomic E-state index is -1.10. The van der Waals surface area contributed by atoms with Gasteiger partial charge in [0.25, 0.3) is 0 Å². The second-order valence-corrected chi connectivity index (χ2v) is 5.24. The summed E-state index contributed by atoms with van der Waals surface area (Å²) in [5.74, 6) is -1.53. The van der Waals surface area contributed by atoms with Crippen LogP contribution in [0.5, 0.6) is 0 Å². The average Bonchev–Trinajstić information content (AvgIpc) is 3.04. The van der Waals surface area contributed by atoms with Crippen LogP contribution in [0.2, 0.25) is 0 Å². The molecule has 0 aliphatic carbocycles. The van der Waals surface area contributed by atoms with Crippen molar-refractivity contribution >= 4 is 22.8 Å². The fourth-order valence-electron chi connectivity index (χ4n) is 2.97. The van der Waals surface area contributed by atoms with E-state index in [0.717, 1.165) is 18.4 Å². The second kappa shape index (κ2) is 5.21. The van der Waals surface area contributed by atoms with Gasteiger partial charge in [0.05, 0.1) is 6.04 Å². The van der Waals surface area contributed by atoms with E-state index >= 15 is 0 Å². The number of nitrogens with two attached hydrogens (primary N) is 1. The lowest BCUT2D eigenvalue weighted by Crippen LogP contribution is -2.39. The van der Waals surface area contributed by atoms with Gasteiger partial charge in [-0.1, -0.05) is 18.2 Å². The number of hydrogen-bond donors (Lipinski definition) is 2. The zero-order valence-electron chi connectivity index (χ0n) is 11.4. The summed E-state index contributed by atoms with van der Waals surface area (Å²) in [5.41, 5.74) is 6.55. The molecule has 2 aromatic rings. The van der Waals surface area contributed by atoms with Crippen LogP contribution in [0.1, 0.15) is 29.0 Å². The molecule has 0 radical (unpaired) electrons. The summed E-state index contributed by atoms with van der Waals surface area (Å²) in [5, 5.41) is 10.1. The normalized spacial score (nSPS) is 19.1. The van der Waals surface area contributed by atoms with Crippen LogP contribution in [0.3, 0.4) is 0 Å². The molecular weight excluding hydrogens is 272 g/mol. The SMILES string of the molecule is NC(=O)C1CCCN1Cc1c(C(=O)O)oc2ccccc12. The van der Waals surface area contributed by atoms with E-state index in [1.165, 1.54) is 0 Å². The van der Waals surface area contributed by atoms with Gasteiger partial charge in [-0.2, -0.15) is 0 Å². The number of carbonyl (C=O) groups excluding carboxylic acids is 1. The lowest BCUT2D eigenvalue weighted by molar-refractivity contribution is -0.122. The molecule has 0 bridgehead atoms. The molecule has 1 aliphatic rings. The van der Waals surface area contributed by atoms with Gasteiger partial charge in [-0.25, -0.2) is 4.79 Å². The smallest absolute Gasteiger partial charge is 0.372 e. The van der Waals surface area contributed by atoms with Crippen LogP contribution in [0.4, 0.5) is 0 Å². The van der Waals surface area contributed by atoms with E-state index < -0.39 is 5.97 Å². The van der Waals surface area contributed by atoms with Crippen molar-refractivity contribution in [2.45, 2.75) is 25.4 Å². The molecule has 1 unspecified atom stereocenters. The van der Waals surface area contributed by atoms with E-state index in [2.05, 4.69) is 0 Å². The Hall–Kier alpha value is -2.34. The predicted molar refractivity (Wildman–Crippen MR) is 75.8 cm³/mol. The summed E-state index contributed by atoms with van der Waals surface area (Å²) in [6.07, 6.45) is 1.60. The van der Waals surface area contributed by atoms with Crippen LogP contribution in [0.25, 0.3) is 11.0 Å². The Balaban J connectivity index is 2.01. The van der Waals surface area contributed by atoms with Gasteiger partial charge in [-0.05, 0) is 25.5 Å². The molecule has 1 aliphatic heterocycles. The Kier molecular flexibility index (Phi) is 3.39.